The quantitative estimate of drug-likeness (QED) is 0.802. The Bertz CT molecular complexity index is 725. The van der Waals surface area contributed by atoms with Crippen molar-refractivity contribution < 1.29 is 4.63 Å². The molecule has 0 unspecified atom stereocenters. The number of rotatable bonds is 3. The summed E-state index contributed by atoms with van der Waals surface area (Å²) in [7, 11) is 0. The van der Waals surface area contributed by atoms with Crippen LogP contribution in [0.15, 0.2) is 39.6 Å². The lowest BCUT2D eigenvalue weighted by Crippen LogP contribution is -2.02. The predicted octanol–water partition coefficient (Wildman–Crippen LogP) is 3.30. The van der Waals surface area contributed by atoms with Crippen molar-refractivity contribution in [2.24, 2.45) is 0 Å². The van der Waals surface area contributed by atoms with E-state index in [0.717, 1.165) is 32.5 Å². The minimum Gasteiger partial charge on any atom is -0.377 e. The van der Waals surface area contributed by atoms with E-state index in [0.29, 0.717) is 6.54 Å². The van der Waals surface area contributed by atoms with Gasteiger partial charge in [0, 0.05) is 16.1 Å². The van der Waals surface area contributed by atoms with Gasteiger partial charge in [-0.15, -0.1) is 0 Å². The Labute approximate surface area is 118 Å². The smallest absolute Gasteiger partial charge is 0.127 e. The summed E-state index contributed by atoms with van der Waals surface area (Å²) in [5, 5.41) is 12.0. The van der Waals surface area contributed by atoms with Gasteiger partial charge in [-0.3, -0.25) is 4.98 Å². The number of para-hydroxylation sites is 1. The van der Waals surface area contributed by atoms with Crippen molar-refractivity contribution in [2.75, 3.05) is 5.32 Å². The van der Waals surface area contributed by atoms with Crippen LogP contribution in [0.5, 0.6) is 0 Å². The molecule has 0 saturated heterocycles. The lowest BCUT2D eigenvalue weighted by atomic mass is 10.2. The molecule has 0 radical (unpaired) electrons. The molecule has 0 bridgehead atoms. The summed E-state index contributed by atoms with van der Waals surface area (Å²) in [5.74, 6) is 0. The van der Waals surface area contributed by atoms with Crippen molar-refractivity contribution in [2.45, 2.75) is 13.5 Å². The SMILES string of the molecule is Cc1nonc1CNc1cccc2cc(Br)cnc12. The third-order valence-electron chi connectivity index (χ3n) is 2.87. The van der Waals surface area contributed by atoms with E-state index >= 15 is 0 Å². The first-order valence-corrected chi connectivity index (χ1v) is 6.59. The minimum atomic E-state index is 0.562. The van der Waals surface area contributed by atoms with E-state index in [1.807, 2.05) is 31.2 Å². The third-order valence-corrected chi connectivity index (χ3v) is 3.30. The number of hydrogen-bond acceptors (Lipinski definition) is 5. The van der Waals surface area contributed by atoms with Crippen LogP contribution >= 0.6 is 15.9 Å². The first-order valence-electron chi connectivity index (χ1n) is 5.80. The lowest BCUT2D eigenvalue weighted by molar-refractivity contribution is 0.301. The first kappa shape index (κ1) is 12.1. The van der Waals surface area contributed by atoms with Crippen LogP contribution in [0, 0.1) is 6.92 Å². The van der Waals surface area contributed by atoms with Gasteiger partial charge in [0.2, 0.25) is 0 Å². The van der Waals surface area contributed by atoms with Crippen molar-refractivity contribution in [3.05, 3.63) is 46.3 Å². The van der Waals surface area contributed by atoms with Crippen LogP contribution in [0.4, 0.5) is 5.69 Å². The fourth-order valence-corrected chi connectivity index (χ4v) is 2.21. The average molecular weight is 319 g/mol. The van der Waals surface area contributed by atoms with E-state index in [1.165, 1.54) is 0 Å². The maximum absolute atomic E-state index is 4.68. The van der Waals surface area contributed by atoms with Crippen molar-refractivity contribution >= 4 is 32.5 Å². The Kier molecular flexibility index (Phi) is 3.16. The molecular formula is C13H11BrN4O. The molecule has 0 saturated carbocycles. The number of pyridine rings is 1. The summed E-state index contributed by atoms with van der Waals surface area (Å²) < 4.78 is 5.64. The van der Waals surface area contributed by atoms with Gasteiger partial charge in [-0.2, -0.15) is 0 Å². The number of fused-ring (bicyclic) bond motifs is 1. The summed E-state index contributed by atoms with van der Waals surface area (Å²) in [5.41, 5.74) is 3.49. The highest BCUT2D eigenvalue weighted by atomic mass is 79.9. The number of halogens is 1. The molecule has 6 heteroatoms. The molecule has 96 valence electrons. The number of anilines is 1. The van der Waals surface area contributed by atoms with Crippen LogP contribution in [-0.4, -0.2) is 15.3 Å². The van der Waals surface area contributed by atoms with Crippen LogP contribution < -0.4 is 5.32 Å². The predicted molar refractivity (Wildman–Crippen MR) is 75.8 cm³/mol. The second kappa shape index (κ2) is 4.97. The molecule has 2 heterocycles. The number of nitrogens with zero attached hydrogens (tertiary/aromatic N) is 3. The topological polar surface area (TPSA) is 63.8 Å². The Balaban J connectivity index is 1.91. The Hall–Kier alpha value is -1.95. The molecule has 1 N–H and O–H groups in total. The fourth-order valence-electron chi connectivity index (χ4n) is 1.87. The van der Waals surface area contributed by atoms with Crippen LogP contribution in [0.25, 0.3) is 10.9 Å². The molecule has 0 aliphatic rings. The Morgan fingerprint density at radius 1 is 1.32 bits per heavy atom. The maximum Gasteiger partial charge on any atom is 0.127 e. The second-order valence-electron chi connectivity index (χ2n) is 4.18. The molecule has 0 spiro atoms. The highest BCUT2D eigenvalue weighted by molar-refractivity contribution is 9.10. The number of aromatic nitrogens is 3. The van der Waals surface area contributed by atoms with E-state index in [1.54, 1.807) is 6.20 Å². The Morgan fingerprint density at radius 2 is 2.21 bits per heavy atom. The minimum absolute atomic E-state index is 0.562. The largest absolute Gasteiger partial charge is 0.377 e. The number of benzene rings is 1. The molecule has 0 aliphatic heterocycles. The third kappa shape index (κ3) is 2.44. The van der Waals surface area contributed by atoms with Crippen molar-refractivity contribution in [1.29, 1.82) is 0 Å². The van der Waals surface area contributed by atoms with Gasteiger partial charge in [-0.1, -0.05) is 22.4 Å². The van der Waals surface area contributed by atoms with Gasteiger partial charge in [0.1, 0.15) is 11.4 Å². The average Bonchev–Trinajstić information content (AvgIpc) is 2.81. The summed E-state index contributed by atoms with van der Waals surface area (Å²) >= 11 is 3.42. The van der Waals surface area contributed by atoms with Gasteiger partial charge in [-0.25, -0.2) is 4.63 Å². The van der Waals surface area contributed by atoms with Gasteiger partial charge in [0.05, 0.1) is 17.7 Å². The van der Waals surface area contributed by atoms with Crippen LogP contribution in [0.3, 0.4) is 0 Å². The lowest BCUT2D eigenvalue weighted by Gasteiger charge is -2.07. The zero-order chi connectivity index (χ0) is 13.2. The van der Waals surface area contributed by atoms with Gasteiger partial charge in [-0.05, 0) is 35.0 Å². The molecule has 0 aliphatic carbocycles. The highest BCUT2D eigenvalue weighted by Gasteiger charge is 2.07. The maximum atomic E-state index is 4.68. The molecule has 3 aromatic rings. The number of aryl methyl sites for hydroxylation is 1. The van der Waals surface area contributed by atoms with E-state index in [4.69, 9.17) is 0 Å². The van der Waals surface area contributed by atoms with Gasteiger partial charge >= 0.3 is 0 Å². The standard InChI is InChI=1S/C13H11BrN4O/c1-8-12(18-19-17-8)7-15-11-4-2-3-9-5-10(14)6-16-13(9)11/h2-6,15H,7H2,1H3. The molecule has 5 nitrogen and oxygen atoms in total. The molecule has 0 fully saturated rings. The summed E-state index contributed by atoms with van der Waals surface area (Å²) in [6, 6.07) is 8.05. The normalized spacial score (nSPS) is 10.8. The molecule has 0 amide bonds. The molecule has 19 heavy (non-hydrogen) atoms. The van der Waals surface area contributed by atoms with E-state index in [2.05, 4.69) is 41.2 Å². The zero-order valence-corrected chi connectivity index (χ0v) is 11.8. The molecular weight excluding hydrogens is 308 g/mol. The Morgan fingerprint density at radius 3 is 3.00 bits per heavy atom. The van der Waals surface area contributed by atoms with Crippen LogP contribution in [0.2, 0.25) is 0 Å². The van der Waals surface area contributed by atoms with E-state index < -0.39 is 0 Å². The first-order chi connectivity index (χ1) is 9.24. The summed E-state index contributed by atoms with van der Waals surface area (Å²) in [6.07, 6.45) is 1.79. The summed E-state index contributed by atoms with van der Waals surface area (Å²) in [4.78, 5) is 4.43. The van der Waals surface area contributed by atoms with E-state index in [-0.39, 0.29) is 0 Å². The van der Waals surface area contributed by atoms with Gasteiger partial charge in [0.25, 0.3) is 0 Å². The molecule has 3 rings (SSSR count). The van der Waals surface area contributed by atoms with Crippen LogP contribution in [0.1, 0.15) is 11.4 Å². The van der Waals surface area contributed by atoms with Crippen LogP contribution in [-0.2, 0) is 6.54 Å². The monoisotopic (exact) mass is 318 g/mol. The zero-order valence-electron chi connectivity index (χ0n) is 10.2. The molecule has 2 aromatic heterocycles. The van der Waals surface area contributed by atoms with Crippen molar-refractivity contribution in [1.82, 2.24) is 15.3 Å². The van der Waals surface area contributed by atoms with E-state index in [9.17, 15) is 0 Å². The second-order valence-corrected chi connectivity index (χ2v) is 5.10. The number of hydrogen-bond donors (Lipinski definition) is 1. The van der Waals surface area contributed by atoms with Crippen molar-refractivity contribution in [3.8, 4) is 0 Å². The van der Waals surface area contributed by atoms with Gasteiger partial charge in [0.15, 0.2) is 0 Å². The molecule has 1 aromatic carbocycles. The highest BCUT2D eigenvalue weighted by Crippen LogP contribution is 2.24. The number of nitrogens with one attached hydrogen (secondary N) is 1. The fraction of sp³-hybridized carbons (Fsp3) is 0.154. The van der Waals surface area contributed by atoms with Gasteiger partial charge < -0.3 is 5.32 Å². The molecule has 0 atom stereocenters. The van der Waals surface area contributed by atoms with Crippen molar-refractivity contribution in [3.63, 3.8) is 0 Å². The summed E-state index contributed by atoms with van der Waals surface area (Å²) in [6.45, 7) is 2.43.